The largest absolute Gasteiger partial charge is 0.456 e. The van der Waals surface area contributed by atoms with Crippen molar-refractivity contribution in [3.05, 3.63) is 420 Å². The lowest BCUT2D eigenvalue weighted by molar-refractivity contribution is 0.509. The Kier molecular flexibility index (Phi) is 19.3. The van der Waals surface area contributed by atoms with Gasteiger partial charge in [-0.05, 0) is 223 Å². The van der Waals surface area contributed by atoms with Gasteiger partial charge in [0, 0.05) is 179 Å². The minimum Gasteiger partial charge on any atom is -0.456 e. The molecule has 142 heavy (non-hydrogen) atoms. The highest BCUT2D eigenvalue weighted by Crippen LogP contribution is 2.61. The molecule has 2 aliphatic rings. The molecule has 0 aliphatic heterocycles. The number of nitrogens with zero attached hydrogens (tertiary/aromatic N) is 6. The quantitative estimate of drug-likeness (QED) is 0.114. The Morgan fingerprint density at radius 2 is 0.627 bits per heavy atom. The Morgan fingerprint density at radius 1 is 0.254 bits per heavy atom. The van der Waals surface area contributed by atoms with Gasteiger partial charge in [-0.1, -0.05) is 287 Å². The number of rotatable bonds is 12. The summed E-state index contributed by atoms with van der Waals surface area (Å²) in [5, 5.41) is 16.2. The molecule has 0 bridgehead atoms. The van der Waals surface area contributed by atoms with E-state index in [1.54, 1.807) is 12.1 Å². The first kappa shape index (κ1) is 87.6. The van der Waals surface area contributed by atoms with E-state index < -0.39 is 28.7 Å². The summed E-state index contributed by atoms with van der Waals surface area (Å²) in [4.78, 5) is 8.77. The standard InChI is InChI=1S/C79H73N3O2.C51H33F4N3/c1-75(2,3)48-25-30-50(31-26-48)80(54-34-37-56-59-19-16-22-64(77(7,8)9)73(59)83-68(56)44-54)52-29-24-46-41-63-58-18-15-21-62-70-72(82(71(58)62)67(63)42-47(46)40-52)61-39-36-53(43-66(61)79(70,13)14)81(51-32-27-49(28-33-51)76(4,5)6)55-35-38-57-60-20-17-23-65(78(10,11)12)74(60)84-69(57)45-55;1-51(2)40-26-32(56(30-12-5-3-6-13-30)33-21-24-41(52)43(54)27-33)20-23-37(40)50-48(51)39-19-11-18-38-47-36-17-10-9-16-35(36)45(29-46(47)58(50)49(38)39)57(31-14-7-4-8-15-31)34-22-25-42(53)44(55)28-34/h15-45H,1-14H3;3-29H,1-2H3. The molecule has 18 aromatic carbocycles. The van der Waals surface area contributed by atoms with Crippen molar-refractivity contribution in [1.29, 1.82) is 0 Å². The van der Waals surface area contributed by atoms with Crippen LogP contribution in [0.3, 0.4) is 0 Å². The van der Waals surface area contributed by atoms with Gasteiger partial charge in [-0.2, -0.15) is 0 Å². The molecule has 0 atom stereocenters. The maximum atomic E-state index is 15.0. The van der Waals surface area contributed by atoms with Crippen molar-refractivity contribution in [3.8, 4) is 22.5 Å². The third-order valence-corrected chi connectivity index (χ3v) is 30.5. The molecule has 6 aromatic heterocycles. The molecule has 26 rings (SSSR count). The molecule has 12 heteroatoms. The summed E-state index contributed by atoms with van der Waals surface area (Å²) in [6.07, 6.45) is 0. The van der Waals surface area contributed by atoms with E-state index in [1.807, 2.05) is 88.7 Å². The van der Waals surface area contributed by atoms with Crippen LogP contribution < -0.4 is 19.6 Å². The number of furan rings is 2. The molecule has 0 spiro atoms. The van der Waals surface area contributed by atoms with E-state index in [1.165, 1.54) is 106 Å². The Bertz CT molecular complexity index is 9330. The number of fused-ring (bicyclic) bond motifs is 25. The second-order valence-corrected chi connectivity index (χ2v) is 44.2. The Balaban J connectivity index is 0.000000160. The highest BCUT2D eigenvalue weighted by molar-refractivity contribution is 6.29. The minimum absolute atomic E-state index is 0.0207. The predicted molar refractivity (Wildman–Crippen MR) is 585 cm³/mol. The molecule has 0 radical (unpaired) electrons. The Morgan fingerprint density at radius 3 is 1.11 bits per heavy atom. The van der Waals surface area contributed by atoms with Gasteiger partial charge in [-0.3, -0.25) is 0 Å². The van der Waals surface area contributed by atoms with E-state index in [-0.39, 0.29) is 27.1 Å². The molecular weight excluding hydrogens is 1750 g/mol. The Labute approximate surface area is 822 Å². The van der Waals surface area contributed by atoms with Crippen LogP contribution in [-0.4, -0.2) is 8.80 Å². The second kappa shape index (κ2) is 31.3. The molecule has 0 saturated heterocycles. The summed E-state index contributed by atoms with van der Waals surface area (Å²) in [6, 6.07) is 122. The van der Waals surface area contributed by atoms with Gasteiger partial charge in [0.1, 0.15) is 22.3 Å². The van der Waals surface area contributed by atoms with Crippen molar-refractivity contribution in [2.75, 3.05) is 19.6 Å². The van der Waals surface area contributed by atoms with Gasteiger partial charge in [0.25, 0.3) is 0 Å². The summed E-state index contributed by atoms with van der Waals surface area (Å²) >= 11 is 0. The van der Waals surface area contributed by atoms with Crippen molar-refractivity contribution >= 4 is 188 Å². The zero-order valence-electron chi connectivity index (χ0n) is 82.5. The van der Waals surface area contributed by atoms with Crippen LogP contribution in [0.1, 0.15) is 155 Å². The molecule has 0 fully saturated rings. The fraction of sp³-hybridized carbons (Fsp3) is 0.169. The molecule has 0 unspecified atom stereocenters. The van der Waals surface area contributed by atoms with Crippen LogP contribution in [0.15, 0.2) is 361 Å². The summed E-state index contributed by atoms with van der Waals surface area (Å²) in [6.45, 7) is 36.6. The number of aromatic nitrogens is 2. The van der Waals surface area contributed by atoms with Crippen LogP contribution in [0.2, 0.25) is 0 Å². The summed E-state index contributed by atoms with van der Waals surface area (Å²) in [5.41, 5.74) is 33.0. The van der Waals surface area contributed by atoms with Crippen LogP contribution in [0, 0.1) is 23.3 Å². The SMILES string of the molecule is CC(C)(C)c1ccc(N(c2ccc3c(c2)C(C)(C)c2c-3n3c4cc5cc(N(c6ccc(C(C)(C)C)cc6)c6ccc7c(c6)oc6c(C(C)(C)C)cccc67)ccc5cc4c4cccc2c43)c2ccc3c(c2)oc2c(C(C)(C)C)cccc23)cc1.CC1(C)c2cc(N(c3ccccc3)c3ccc(F)c(F)c3)ccc2-c2c1c1cccc3c4c5ccccc5c(N(c5ccccc5)c5ccc(F)c(F)c5)cc4n2c13. The van der Waals surface area contributed by atoms with Gasteiger partial charge < -0.3 is 37.2 Å². The van der Waals surface area contributed by atoms with Gasteiger partial charge >= 0.3 is 0 Å². The van der Waals surface area contributed by atoms with E-state index in [9.17, 15) is 13.2 Å². The van der Waals surface area contributed by atoms with Gasteiger partial charge in [-0.15, -0.1) is 0 Å². The van der Waals surface area contributed by atoms with Crippen molar-refractivity contribution in [2.45, 2.75) is 143 Å². The fourth-order valence-corrected chi connectivity index (χ4v) is 23.6. The normalized spacial score (nSPS) is 13.6. The summed E-state index contributed by atoms with van der Waals surface area (Å²) in [5.74, 6) is -3.64. The maximum absolute atomic E-state index is 15.0. The summed E-state index contributed by atoms with van der Waals surface area (Å²) < 4.78 is 77.1. The van der Waals surface area contributed by atoms with Crippen LogP contribution in [0.5, 0.6) is 0 Å². The maximum Gasteiger partial charge on any atom is 0.160 e. The first-order valence-corrected chi connectivity index (χ1v) is 49.3. The lowest BCUT2D eigenvalue weighted by atomic mass is 9.81. The topological polar surface area (TPSA) is 48.1 Å². The molecule has 0 amide bonds. The van der Waals surface area contributed by atoms with Gasteiger partial charge in [0.2, 0.25) is 0 Å². The zero-order valence-corrected chi connectivity index (χ0v) is 82.5. The smallest absolute Gasteiger partial charge is 0.160 e. The average Bonchev–Trinajstić information content (AvgIpc) is 1.51. The van der Waals surface area contributed by atoms with Crippen molar-refractivity contribution in [3.63, 3.8) is 0 Å². The molecule has 6 heterocycles. The molecular formula is C130H106F4N6O2. The first-order chi connectivity index (χ1) is 68.1. The monoisotopic (exact) mass is 1860 g/mol. The Hall–Kier alpha value is -15.9. The molecule has 0 N–H and O–H groups in total. The highest BCUT2D eigenvalue weighted by Gasteiger charge is 2.45. The van der Waals surface area contributed by atoms with Gasteiger partial charge in [0.15, 0.2) is 23.3 Å². The van der Waals surface area contributed by atoms with Crippen molar-refractivity contribution in [1.82, 2.24) is 8.80 Å². The van der Waals surface area contributed by atoms with Crippen molar-refractivity contribution < 1.29 is 26.4 Å². The van der Waals surface area contributed by atoms with E-state index >= 15 is 4.39 Å². The van der Waals surface area contributed by atoms with Crippen LogP contribution in [0.4, 0.5) is 85.8 Å². The molecule has 8 nitrogen and oxygen atoms in total. The minimum atomic E-state index is -0.921. The van der Waals surface area contributed by atoms with Gasteiger partial charge in [-0.25, -0.2) is 17.6 Å². The third-order valence-electron chi connectivity index (χ3n) is 30.5. The summed E-state index contributed by atoms with van der Waals surface area (Å²) in [7, 11) is 0. The van der Waals surface area contributed by atoms with Crippen LogP contribution >= 0.6 is 0 Å². The highest BCUT2D eigenvalue weighted by atomic mass is 19.2. The molecule has 2 aliphatic carbocycles. The number of hydrogen-bond donors (Lipinski definition) is 0. The molecule has 696 valence electrons. The number of anilines is 12. The van der Waals surface area contributed by atoms with E-state index in [0.29, 0.717) is 11.4 Å². The van der Waals surface area contributed by atoms with E-state index in [4.69, 9.17) is 8.83 Å². The number of hydrogen-bond acceptors (Lipinski definition) is 6. The fourth-order valence-electron chi connectivity index (χ4n) is 23.6. The molecule has 24 aromatic rings. The van der Waals surface area contributed by atoms with E-state index in [0.717, 1.165) is 162 Å². The lowest BCUT2D eigenvalue weighted by Crippen LogP contribution is -2.17. The number of benzene rings is 18. The van der Waals surface area contributed by atoms with Crippen LogP contribution in [-0.2, 0) is 32.5 Å². The molecule has 0 saturated carbocycles. The first-order valence-electron chi connectivity index (χ1n) is 49.3. The second-order valence-electron chi connectivity index (χ2n) is 44.2. The predicted octanol–water partition coefficient (Wildman–Crippen LogP) is 37.7. The van der Waals surface area contributed by atoms with E-state index in [2.05, 4.69) is 366 Å². The van der Waals surface area contributed by atoms with Crippen molar-refractivity contribution in [2.24, 2.45) is 0 Å². The average molecular weight is 1860 g/mol. The zero-order chi connectivity index (χ0) is 97.8. The van der Waals surface area contributed by atoms with Gasteiger partial charge in [0.05, 0.1) is 39.1 Å². The number of halogens is 4. The number of para-hydroxylation sites is 6. The van der Waals surface area contributed by atoms with Crippen LogP contribution in [0.25, 0.3) is 142 Å². The third kappa shape index (κ3) is 13.4. The lowest BCUT2D eigenvalue weighted by Gasteiger charge is -2.29.